The summed E-state index contributed by atoms with van der Waals surface area (Å²) in [4.78, 5) is 22.9. The van der Waals surface area contributed by atoms with E-state index < -0.39 is 29.5 Å². The third-order valence-electron chi connectivity index (χ3n) is 3.30. The molecule has 2 atom stereocenters. The summed E-state index contributed by atoms with van der Waals surface area (Å²) in [5.41, 5.74) is 0.421. The Morgan fingerprint density at radius 3 is 2.89 bits per heavy atom. The molecule has 0 radical (unpaired) electrons. The Kier molecular flexibility index (Phi) is 3.69. The molecule has 1 saturated heterocycles. The molecule has 2 rings (SSSR count). The Labute approximate surface area is 109 Å². The second-order valence-corrected chi connectivity index (χ2v) is 4.39. The van der Waals surface area contributed by atoms with Gasteiger partial charge < -0.3 is 15.2 Å². The third-order valence-corrected chi connectivity index (χ3v) is 3.30. The highest BCUT2D eigenvalue weighted by molar-refractivity contribution is 5.98. The monoisotopic (exact) mass is 267 g/mol. The molecule has 0 aromatic heterocycles. The molecule has 1 aromatic rings. The smallest absolute Gasteiger partial charge is 0.316 e. The van der Waals surface area contributed by atoms with Crippen LogP contribution < -0.4 is 10.1 Å². The average molecular weight is 267 g/mol. The molecule has 1 amide bonds. The van der Waals surface area contributed by atoms with E-state index in [1.54, 1.807) is 0 Å². The van der Waals surface area contributed by atoms with Crippen LogP contribution in [0.2, 0.25) is 0 Å². The number of rotatable bonds is 3. The van der Waals surface area contributed by atoms with Crippen molar-refractivity contribution in [1.82, 2.24) is 5.32 Å². The van der Waals surface area contributed by atoms with Crippen LogP contribution in [0.5, 0.6) is 5.75 Å². The van der Waals surface area contributed by atoms with Crippen molar-refractivity contribution in [3.05, 3.63) is 29.6 Å². The first-order valence-electron chi connectivity index (χ1n) is 5.88. The number of benzene rings is 1. The van der Waals surface area contributed by atoms with E-state index in [9.17, 15) is 19.1 Å². The van der Waals surface area contributed by atoms with E-state index in [1.807, 2.05) is 0 Å². The Hall–Kier alpha value is -2.11. The molecule has 1 heterocycles. The lowest BCUT2D eigenvalue weighted by atomic mass is 9.80. The van der Waals surface area contributed by atoms with Gasteiger partial charge in [-0.3, -0.25) is 9.59 Å². The zero-order chi connectivity index (χ0) is 14.0. The van der Waals surface area contributed by atoms with Crippen LogP contribution in [0.15, 0.2) is 18.2 Å². The number of ether oxygens (including phenoxy) is 1. The summed E-state index contributed by atoms with van der Waals surface area (Å²) in [6.45, 7) is 0.368. The van der Waals surface area contributed by atoms with Crippen LogP contribution in [0.4, 0.5) is 4.39 Å². The molecule has 1 aliphatic rings. The standard InChI is InChI=1S/C13H14FNO4/c1-19-10-3-2-7(14)6-9(10)8-4-5-15-12(16)11(8)13(17)18/h2-3,6,8,11H,4-5H2,1H3,(H,15,16)(H,17,18). The molecular weight excluding hydrogens is 253 g/mol. The normalized spacial score (nSPS) is 22.7. The Morgan fingerprint density at radius 2 is 2.26 bits per heavy atom. The van der Waals surface area contributed by atoms with E-state index in [0.29, 0.717) is 24.3 Å². The number of halogens is 1. The maximum atomic E-state index is 13.4. The first kappa shape index (κ1) is 13.3. The zero-order valence-corrected chi connectivity index (χ0v) is 10.4. The van der Waals surface area contributed by atoms with E-state index in [0.717, 1.165) is 0 Å². The first-order valence-corrected chi connectivity index (χ1v) is 5.88. The van der Waals surface area contributed by atoms with Crippen molar-refractivity contribution in [2.75, 3.05) is 13.7 Å². The second-order valence-electron chi connectivity index (χ2n) is 4.39. The molecule has 2 N–H and O–H groups in total. The van der Waals surface area contributed by atoms with Crippen molar-refractivity contribution in [3.63, 3.8) is 0 Å². The van der Waals surface area contributed by atoms with Crippen LogP contribution in [0.3, 0.4) is 0 Å². The molecule has 102 valence electrons. The molecule has 2 unspecified atom stereocenters. The summed E-state index contributed by atoms with van der Waals surface area (Å²) < 4.78 is 18.5. The number of aliphatic carboxylic acids is 1. The summed E-state index contributed by atoms with van der Waals surface area (Å²) in [5.74, 6) is -3.65. The predicted octanol–water partition coefficient (Wildman–Crippen LogP) is 1.14. The van der Waals surface area contributed by atoms with Gasteiger partial charge in [0.15, 0.2) is 0 Å². The summed E-state index contributed by atoms with van der Waals surface area (Å²) in [6, 6.07) is 3.91. The summed E-state index contributed by atoms with van der Waals surface area (Å²) >= 11 is 0. The quantitative estimate of drug-likeness (QED) is 0.805. The largest absolute Gasteiger partial charge is 0.496 e. The van der Waals surface area contributed by atoms with Gasteiger partial charge in [-0.2, -0.15) is 0 Å². The molecule has 0 saturated carbocycles. The maximum Gasteiger partial charge on any atom is 0.316 e. The van der Waals surface area contributed by atoms with E-state index >= 15 is 0 Å². The number of methoxy groups -OCH3 is 1. The van der Waals surface area contributed by atoms with Crippen molar-refractivity contribution in [2.24, 2.45) is 5.92 Å². The van der Waals surface area contributed by atoms with Gasteiger partial charge in [0.25, 0.3) is 0 Å². The number of carboxylic acid groups (broad SMARTS) is 1. The van der Waals surface area contributed by atoms with Crippen LogP contribution in [0, 0.1) is 11.7 Å². The zero-order valence-electron chi connectivity index (χ0n) is 10.4. The van der Waals surface area contributed by atoms with E-state index in [2.05, 4.69) is 5.32 Å². The van der Waals surface area contributed by atoms with E-state index in [4.69, 9.17) is 4.74 Å². The van der Waals surface area contributed by atoms with Gasteiger partial charge in [-0.15, -0.1) is 0 Å². The molecule has 1 aliphatic heterocycles. The van der Waals surface area contributed by atoms with E-state index in [-0.39, 0.29) is 0 Å². The molecule has 19 heavy (non-hydrogen) atoms. The Bertz CT molecular complexity index is 517. The fourth-order valence-corrected chi connectivity index (χ4v) is 2.42. The minimum absolute atomic E-state index is 0.368. The molecular formula is C13H14FNO4. The number of nitrogens with one attached hydrogen (secondary N) is 1. The molecule has 5 nitrogen and oxygen atoms in total. The lowest BCUT2D eigenvalue weighted by Crippen LogP contribution is -2.44. The number of hydrogen-bond donors (Lipinski definition) is 2. The van der Waals surface area contributed by atoms with Crippen molar-refractivity contribution in [1.29, 1.82) is 0 Å². The number of piperidine rings is 1. The van der Waals surface area contributed by atoms with Crippen LogP contribution >= 0.6 is 0 Å². The SMILES string of the molecule is COc1ccc(F)cc1C1CCNC(=O)C1C(=O)O. The number of carbonyl (C=O) groups is 2. The molecule has 6 heteroatoms. The predicted molar refractivity (Wildman–Crippen MR) is 64.4 cm³/mol. The third kappa shape index (κ3) is 2.52. The van der Waals surface area contributed by atoms with Gasteiger partial charge in [-0.1, -0.05) is 0 Å². The highest BCUT2D eigenvalue weighted by Gasteiger charge is 2.39. The van der Waals surface area contributed by atoms with Gasteiger partial charge in [0.05, 0.1) is 7.11 Å². The van der Waals surface area contributed by atoms with Crippen LogP contribution in [0.1, 0.15) is 17.9 Å². The van der Waals surface area contributed by atoms with Gasteiger partial charge in [-0.05, 0) is 24.6 Å². The minimum atomic E-state index is -1.22. The van der Waals surface area contributed by atoms with Crippen LogP contribution in [-0.2, 0) is 9.59 Å². The number of hydrogen-bond acceptors (Lipinski definition) is 3. The van der Waals surface area contributed by atoms with Crippen LogP contribution in [-0.4, -0.2) is 30.6 Å². The summed E-state index contributed by atoms with van der Waals surface area (Å²) in [6.07, 6.45) is 0.433. The lowest BCUT2D eigenvalue weighted by Gasteiger charge is -2.29. The van der Waals surface area contributed by atoms with Crippen molar-refractivity contribution in [3.8, 4) is 5.75 Å². The molecule has 0 aliphatic carbocycles. The fourth-order valence-electron chi connectivity index (χ4n) is 2.42. The second kappa shape index (κ2) is 5.26. The average Bonchev–Trinajstić information content (AvgIpc) is 2.37. The number of carboxylic acids is 1. The number of carbonyl (C=O) groups excluding carboxylic acids is 1. The van der Waals surface area contributed by atoms with Gasteiger partial charge in [0.2, 0.25) is 5.91 Å². The molecule has 1 aromatic carbocycles. The Balaban J connectivity index is 2.45. The van der Waals surface area contributed by atoms with Gasteiger partial charge in [0, 0.05) is 18.0 Å². The topological polar surface area (TPSA) is 75.6 Å². The fraction of sp³-hybridized carbons (Fsp3) is 0.385. The van der Waals surface area contributed by atoms with Crippen LogP contribution in [0.25, 0.3) is 0 Å². The van der Waals surface area contributed by atoms with Crippen molar-refractivity contribution >= 4 is 11.9 Å². The first-order chi connectivity index (χ1) is 9.04. The van der Waals surface area contributed by atoms with Gasteiger partial charge >= 0.3 is 5.97 Å². The van der Waals surface area contributed by atoms with Crippen molar-refractivity contribution < 1.29 is 23.8 Å². The van der Waals surface area contributed by atoms with E-state index in [1.165, 1.54) is 25.3 Å². The van der Waals surface area contributed by atoms with Gasteiger partial charge in [-0.25, -0.2) is 4.39 Å². The minimum Gasteiger partial charge on any atom is -0.496 e. The Morgan fingerprint density at radius 1 is 1.53 bits per heavy atom. The van der Waals surface area contributed by atoms with Gasteiger partial charge in [0.1, 0.15) is 17.5 Å². The highest BCUT2D eigenvalue weighted by atomic mass is 19.1. The summed E-state index contributed by atoms with van der Waals surface area (Å²) in [5, 5.41) is 11.7. The molecule has 0 spiro atoms. The molecule has 1 fully saturated rings. The number of amides is 1. The van der Waals surface area contributed by atoms with Crippen molar-refractivity contribution in [2.45, 2.75) is 12.3 Å². The lowest BCUT2D eigenvalue weighted by molar-refractivity contribution is -0.149. The molecule has 0 bridgehead atoms. The highest BCUT2D eigenvalue weighted by Crippen LogP contribution is 2.37. The summed E-state index contributed by atoms with van der Waals surface area (Å²) in [7, 11) is 1.43. The maximum absolute atomic E-state index is 13.4.